The van der Waals surface area contributed by atoms with Crippen molar-refractivity contribution in [2.24, 2.45) is 0 Å². The first kappa shape index (κ1) is 38.2. The van der Waals surface area contributed by atoms with Gasteiger partial charge in [0.25, 0.3) is 11.7 Å². The van der Waals surface area contributed by atoms with Crippen LogP contribution in [0, 0.1) is 0 Å². The molecule has 0 bridgehead atoms. The van der Waals surface area contributed by atoms with E-state index in [0.29, 0.717) is 25.1 Å². The van der Waals surface area contributed by atoms with E-state index >= 15 is 4.79 Å². The molecule has 53 heavy (non-hydrogen) atoms. The smallest absolute Gasteiger partial charge is 0.295 e. The molecule has 0 radical (unpaired) electrons. The number of rotatable bonds is 18. The van der Waals surface area contributed by atoms with E-state index in [1.807, 2.05) is 89.8 Å². The number of carbonyl (C=O) groups is 3. The van der Waals surface area contributed by atoms with Crippen molar-refractivity contribution in [3.8, 4) is 17.2 Å². The van der Waals surface area contributed by atoms with E-state index in [1.54, 1.807) is 24.8 Å². The normalized spacial score (nSPS) is 11.4. The summed E-state index contributed by atoms with van der Waals surface area (Å²) in [6, 6.07) is 29.0. The van der Waals surface area contributed by atoms with Gasteiger partial charge in [0.2, 0.25) is 11.7 Å². The number of ether oxygens (including phenoxy) is 3. The third kappa shape index (κ3) is 10.1. The molecule has 10 heteroatoms. The lowest BCUT2D eigenvalue weighted by molar-refractivity contribution is -0.145. The summed E-state index contributed by atoms with van der Waals surface area (Å²) >= 11 is 0. The molecule has 2 heterocycles. The molecule has 2 aromatic heterocycles. The van der Waals surface area contributed by atoms with E-state index in [2.05, 4.69) is 9.97 Å². The first-order valence-corrected chi connectivity index (χ1v) is 17.6. The second-order valence-electron chi connectivity index (χ2n) is 12.8. The SMILES string of the molecule is COc1cc(C(=O)C(=O)N(C)C(Cc2ccccc2)C(=O)N(Cc2ccccc2)C(CCc2ccncc2)CCc2ccncc2)cc(OC)c1OC. The van der Waals surface area contributed by atoms with E-state index < -0.39 is 17.7 Å². The van der Waals surface area contributed by atoms with Gasteiger partial charge >= 0.3 is 0 Å². The molecule has 1 atom stereocenters. The van der Waals surface area contributed by atoms with Gasteiger partial charge in [-0.05, 0) is 84.3 Å². The van der Waals surface area contributed by atoms with Crippen LogP contribution in [0.15, 0.2) is 122 Å². The Kier molecular flexibility index (Phi) is 13.7. The summed E-state index contributed by atoms with van der Waals surface area (Å²) in [5.41, 5.74) is 4.10. The molecule has 1 unspecified atom stereocenters. The molecule has 0 aliphatic heterocycles. The van der Waals surface area contributed by atoms with Crippen LogP contribution in [0.4, 0.5) is 0 Å². The number of amides is 2. The molecular weight excluding hydrogens is 668 g/mol. The average Bonchev–Trinajstić information content (AvgIpc) is 3.22. The van der Waals surface area contributed by atoms with Crippen molar-refractivity contribution in [2.75, 3.05) is 28.4 Å². The molecule has 2 amide bonds. The van der Waals surface area contributed by atoms with Gasteiger partial charge in [0.05, 0.1) is 21.3 Å². The number of aromatic nitrogens is 2. The Morgan fingerprint density at radius 2 is 1.13 bits per heavy atom. The van der Waals surface area contributed by atoms with Crippen LogP contribution in [0.25, 0.3) is 0 Å². The summed E-state index contributed by atoms with van der Waals surface area (Å²) in [5.74, 6) is -1.12. The third-order valence-electron chi connectivity index (χ3n) is 9.42. The van der Waals surface area contributed by atoms with Crippen LogP contribution in [-0.2, 0) is 35.4 Å². The van der Waals surface area contributed by atoms with Crippen LogP contribution in [-0.4, -0.2) is 77.8 Å². The zero-order chi connectivity index (χ0) is 37.6. The van der Waals surface area contributed by atoms with E-state index in [1.165, 1.54) is 45.4 Å². The topological polar surface area (TPSA) is 111 Å². The molecule has 0 aliphatic rings. The first-order chi connectivity index (χ1) is 25.8. The monoisotopic (exact) mass is 714 g/mol. The number of aryl methyl sites for hydroxylation is 2. The number of hydrogen-bond donors (Lipinski definition) is 0. The van der Waals surface area contributed by atoms with Gasteiger partial charge < -0.3 is 24.0 Å². The summed E-state index contributed by atoms with van der Waals surface area (Å²) in [5, 5.41) is 0. The second-order valence-corrected chi connectivity index (χ2v) is 12.8. The fraction of sp³-hybridized carbons (Fsp3) is 0.279. The van der Waals surface area contributed by atoms with Crippen molar-refractivity contribution in [2.45, 2.75) is 50.7 Å². The molecule has 3 aromatic carbocycles. The van der Waals surface area contributed by atoms with E-state index in [0.717, 1.165) is 35.1 Å². The van der Waals surface area contributed by atoms with Crippen LogP contribution in [0.3, 0.4) is 0 Å². The van der Waals surface area contributed by atoms with Crippen LogP contribution >= 0.6 is 0 Å². The van der Waals surface area contributed by atoms with Crippen molar-refractivity contribution < 1.29 is 28.6 Å². The van der Waals surface area contributed by atoms with E-state index in [-0.39, 0.29) is 35.4 Å². The predicted molar refractivity (Wildman–Crippen MR) is 203 cm³/mol. The Labute approximate surface area is 311 Å². The van der Waals surface area contributed by atoms with Gasteiger partial charge in [-0.3, -0.25) is 24.4 Å². The molecular formula is C43H46N4O6. The molecule has 0 spiro atoms. The van der Waals surface area contributed by atoms with Gasteiger partial charge in [-0.25, -0.2) is 0 Å². The Bertz CT molecular complexity index is 1860. The molecule has 0 aliphatic carbocycles. The Hall–Kier alpha value is -6.03. The summed E-state index contributed by atoms with van der Waals surface area (Å²) < 4.78 is 16.3. The molecule has 5 rings (SSSR count). The summed E-state index contributed by atoms with van der Waals surface area (Å²) in [6.45, 7) is 0.325. The van der Waals surface area contributed by atoms with Crippen LogP contribution < -0.4 is 14.2 Å². The van der Waals surface area contributed by atoms with Gasteiger partial charge in [-0.2, -0.15) is 0 Å². The number of pyridine rings is 2. The summed E-state index contributed by atoms with van der Waals surface area (Å²) in [7, 11) is 5.86. The molecule has 5 aromatic rings. The largest absolute Gasteiger partial charge is 0.493 e. The van der Waals surface area contributed by atoms with Crippen LogP contribution in [0.5, 0.6) is 17.2 Å². The number of hydrogen-bond acceptors (Lipinski definition) is 8. The molecule has 10 nitrogen and oxygen atoms in total. The highest BCUT2D eigenvalue weighted by Crippen LogP contribution is 2.38. The van der Waals surface area contributed by atoms with Crippen molar-refractivity contribution in [3.63, 3.8) is 0 Å². The summed E-state index contributed by atoms with van der Waals surface area (Å²) in [6.07, 6.45) is 10.1. The second kappa shape index (κ2) is 19.0. The maximum absolute atomic E-state index is 15.2. The van der Waals surface area contributed by atoms with Gasteiger partial charge in [0.15, 0.2) is 11.5 Å². The van der Waals surface area contributed by atoms with Gasteiger partial charge in [0, 0.05) is 56.4 Å². The standard InChI is InChI=1S/C43H46N4O6/c1-46(43(50)40(48)35-28-38(51-2)41(53-4)39(29-35)52-3)37(27-33-11-7-5-8-12-33)42(49)47(30-34-13-9-6-10-14-34)36(17-15-31-19-23-44-24-20-31)18-16-32-21-25-45-26-22-32/h5-14,19-26,28-29,36-37H,15-18,27,30H2,1-4H3. The number of nitrogens with zero attached hydrogens (tertiary/aromatic N) is 4. The highest BCUT2D eigenvalue weighted by atomic mass is 16.5. The predicted octanol–water partition coefficient (Wildman–Crippen LogP) is 6.42. The number of benzene rings is 3. The molecule has 274 valence electrons. The minimum atomic E-state index is -0.996. The maximum atomic E-state index is 15.2. The minimum absolute atomic E-state index is 0.0518. The zero-order valence-corrected chi connectivity index (χ0v) is 30.7. The lowest BCUT2D eigenvalue weighted by atomic mass is 9.95. The molecule has 0 saturated heterocycles. The van der Waals surface area contributed by atoms with Crippen molar-refractivity contribution in [1.29, 1.82) is 0 Å². The Morgan fingerprint density at radius 3 is 1.60 bits per heavy atom. The molecule has 0 N–H and O–H groups in total. The minimum Gasteiger partial charge on any atom is -0.493 e. The quantitative estimate of drug-likeness (QED) is 0.0756. The van der Waals surface area contributed by atoms with E-state index in [9.17, 15) is 9.59 Å². The van der Waals surface area contributed by atoms with Crippen molar-refractivity contribution in [3.05, 3.63) is 150 Å². The average molecular weight is 715 g/mol. The van der Waals surface area contributed by atoms with E-state index in [4.69, 9.17) is 14.2 Å². The number of carbonyl (C=O) groups excluding carboxylic acids is 3. The molecule has 0 saturated carbocycles. The van der Waals surface area contributed by atoms with Crippen molar-refractivity contribution in [1.82, 2.24) is 19.8 Å². The first-order valence-electron chi connectivity index (χ1n) is 17.6. The van der Waals surface area contributed by atoms with Crippen molar-refractivity contribution >= 4 is 17.6 Å². The number of Topliss-reactive ketones (excluding diaryl/α,β-unsaturated/α-hetero) is 1. The number of likely N-dealkylation sites (N-methyl/N-ethyl adjacent to an activating group) is 1. The van der Waals surface area contributed by atoms with Gasteiger partial charge in [-0.15, -0.1) is 0 Å². The fourth-order valence-corrected chi connectivity index (χ4v) is 6.44. The highest BCUT2D eigenvalue weighted by molar-refractivity contribution is 6.43. The maximum Gasteiger partial charge on any atom is 0.295 e. The Balaban J connectivity index is 1.54. The molecule has 0 fully saturated rings. The zero-order valence-electron chi connectivity index (χ0n) is 30.7. The van der Waals surface area contributed by atoms with Crippen LogP contribution in [0.1, 0.15) is 45.5 Å². The number of methoxy groups -OCH3 is 3. The lowest BCUT2D eigenvalue weighted by Gasteiger charge is -2.38. The Morgan fingerprint density at radius 1 is 0.642 bits per heavy atom. The summed E-state index contributed by atoms with van der Waals surface area (Å²) in [4.78, 5) is 54.9. The number of ketones is 1. The third-order valence-corrected chi connectivity index (χ3v) is 9.42. The van der Waals surface area contributed by atoms with Gasteiger partial charge in [0.1, 0.15) is 6.04 Å². The van der Waals surface area contributed by atoms with Gasteiger partial charge in [-0.1, -0.05) is 60.7 Å². The highest BCUT2D eigenvalue weighted by Gasteiger charge is 2.37. The lowest BCUT2D eigenvalue weighted by Crippen LogP contribution is -2.54. The van der Waals surface area contributed by atoms with Crippen LogP contribution in [0.2, 0.25) is 0 Å². The fourth-order valence-electron chi connectivity index (χ4n) is 6.44.